The van der Waals surface area contributed by atoms with Gasteiger partial charge in [-0.3, -0.25) is 9.36 Å². The maximum Gasteiger partial charge on any atom is 0.346 e. The highest BCUT2D eigenvalue weighted by Gasteiger charge is 2.17. The van der Waals surface area contributed by atoms with Crippen LogP contribution in [0, 0.1) is 0 Å². The Bertz CT molecular complexity index is 502. The Morgan fingerprint density at radius 3 is 2.41 bits per heavy atom. The number of anilines is 1. The van der Waals surface area contributed by atoms with Crippen molar-refractivity contribution in [1.29, 1.82) is 0 Å². The van der Waals surface area contributed by atoms with Crippen LogP contribution < -0.4 is 21.9 Å². The van der Waals surface area contributed by atoms with Crippen LogP contribution in [-0.2, 0) is 14.1 Å². The largest absolute Gasteiger partial charge is 0.347 e. The molecule has 17 heavy (non-hydrogen) atoms. The topological polar surface area (TPSA) is 86.2 Å². The standard InChI is InChI=1S/C10H19N5O2/c1-7(2)15(6-5-11)8-9(16)13(3)10(17)14(4)12-8/h7H,5-6,11H2,1-4H3. The average Bonchev–Trinajstić information content (AvgIpc) is 2.28. The van der Waals surface area contributed by atoms with Gasteiger partial charge in [-0.2, -0.15) is 0 Å². The fraction of sp³-hybridized carbons (Fsp3) is 0.700. The third-order valence-electron chi connectivity index (χ3n) is 2.57. The van der Waals surface area contributed by atoms with E-state index in [9.17, 15) is 9.59 Å². The summed E-state index contributed by atoms with van der Waals surface area (Å²) >= 11 is 0. The van der Waals surface area contributed by atoms with Crippen molar-refractivity contribution in [3.8, 4) is 0 Å². The van der Waals surface area contributed by atoms with Crippen LogP contribution in [0.2, 0.25) is 0 Å². The lowest BCUT2D eigenvalue weighted by Crippen LogP contribution is -2.46. The third kappa shape index (κ3) is 2.55. The summed E-state index contributed by atoms with van der Waals surface area (Å²) in [7, 11) is 2.96. The van der Waals surface area contributed by atoms with Gasteiger partial charge in [0.15, 0.2) is 0 Å². The lowest BCUT2D eigenvalue weighted by atomic mass is 10.3. The second-order valence-electron chi connectivity index (χ2n) is 4.17. The molecule has 0 aliphatic carbocycles. The highest BCUT2D eigenvalue weighted by atomic mass is 16.2. The highest BCUT2D eigenvalue weighted by Crippen LogP contribution is 2.06. The molecule has 96 valence electrons. The number of nitrogens with zero attached hydrogens (tertiary/aromatic N) is 4. The number of aromatic nitrogens is 3. The van der Waals surface area contributed by atoms with Crippen LogP contribution in [0.25, 0.3) is 0 Å². The van der Waals surface area contributed by atoms with E-state index in [0.717, 1.165) is 9.25 Å². The Kier molecular flexibility index (Phi) is 4.06. The van der Waals surface area contributed by atoms with E-state index < -0.39 is 11.2 Å². The Hall–Kier alpha value is -1.63. The van der Waals surface area contributed by atoms with Gasteiger partial charge in [-0.1, -0.05) is 0 Å². The molecule has 0 aromatic carbocycles. The molecule has 0 saturated carbocycles. The number of aryl methyl sites for hydroxylation is 1. The second-order valence-corrected chi connectivity index (χ2v) is 4.17. The molecule has 0 fully saturated rings. The molecule has 7 heteroatoms. The zero-order valence-electron chi connectivity index (χ0n) is 10.7. The second kappa shape index (κ2) is 5.13. The molecular weight excluding hydrogens is 222 g/mol. The molecule has 0 aliphatic heterocycles. The first-order valence-electron chi connectivity index (χ1n) is 5.51. The molecule has 7 nitrogen and oxygen atoms in total. The van der Waals surface area contributed by atoms with Crippen LogP contribution in [-0.4, -0.2) is 33.5 Å². The molecule has 0 saturated heterocycles. The fourth-order valence-corrected chi connectivity index (χ4v) is 1.61. The van der Waals surface area contributed by atoms with Crippen molar-refractivity contribution in [1.82, 2.24) is 14.3 Å². The van der Waals surface area contributed by atoms with E-state index in [4.69, 9.17) is 5.73 Å². The first-order chi connectivity index (χ1) is 7.90. The third-order valence-corrected chi connectivity index (χ3v) is 2.57. The van der Waals surface area contributed by atoms with Crippen molar-refractivity contribution in [2.75, 3.05) is 18.0 Å². The monoisotopic (exact) mass is 241 g/mol. The lowest BCUT2D eigenvalue weighted by Gasteiger charge is -2.26. The maximum atomic E-state index is 12.0. The summed E-state index contributed by atoms with van der Waals surface area (Å²) in [4.78, 5) is 25.3. The lowest BCUT2D eigenvalue weighted by molar-refractivity contribution is 0.572. The predicted molar refractivity (Wildman–Crippen MR) is 66.3 cm³/mol. The van der Waals surface area contributed by atoms with Crippen molar-refractivity contribution in [3.05, 3.63) is 20.8 Å². The van der Waals surface area contributed by atoms with E-state index in [0.29, 0.717) is 13.1 Å². The Morgan fingerprint density at radius 1 is 1.35 bits per heavy atom. The number of hydrogen-bond donors (Lipinski definition) is 1. The Morgan fingerprint density at radius 2 is 1.94 bits per heavy atom. The van der Waals surface area contributed by atoms with Crippen LogP contribution in [0.15, 0.2) is 9.59 Å². The molecule has 1 aromatic heterocycles. The van der Waals surface area contributed by atoms with E-state index in [1.807, 2.05) is 13.8 Å². The SMILES string of the molecule is CC(C)N(CCN)c1nn(C)c(=O)n(C)c1=O. The van der Waals surface area contributed by atoms with Gasteiger partial charge in [0.2, 0.25) is 5.82 Å². The van der Waals surface area contributed by atoms with Crippen LogP contribution in [0.5, 0.6) is 0 Å². The van der Waals surface area contributed by atoms with E-state index in [1.165, 1.54) is 14.1 Å². The minimum absolute atomic E-state index is 0.0938. The summed E-state index contributed by atoms with van der Waals surface area (Å²) in [5, 5.41) is 4.01. The van der Waals surface area contributed by atoms with Gasteiger partial charge in [0.25, 0.3) is 5.56 Å². The molecular formula is C10H19N5O2. The normalized spacial score (nSPS) is 10.9. The molecule has 1 aromatic rings. The average molecular weight is 241 g/mol. The van der Waals surface area contributed by atoms with E-state index in [2.05, 4.69) is 5.10 Å². The molecule has 1 rings (SSSR count). The molecule has 0 amide bonds. The molecule has 1 heterocycles. The molecule has 0 unspecified atom stereocenters. The van der Waals surface area contributed by atoms with Crippen molar-refractivity contribution in [2.45, 2.75) is 19.9 Å². The first-order valence-corrected chi connectivity index (χ1v) is 5.51. The van der Waals surface area contributed by atoms with Gasteiger partial charge >= 0.3 is 5.69 Å². The first kappa shape index (κ1) is 13.4. The minimum Gasteiger partial charge on any atom is -0.347 e. The Labute approximate surface area is 99.5 Å². The van der Waals surface area contributed by atoms with Crippen molar-refractivity contribution < 1.29 is 0 Å². The van der Waals surface area contributed by atoms with Gasteiger partial charge in [0.05, 0.1) is 0 Å². The number of nitrogens with two attached hydrogens (primary N) is 1. The molecule has 0 radical (unpaired) electrons. The molecule has 0 spiro atoms. The van der Waals surface area contributed by atoms with Crippen molar-refractivity contribution >= 4 is 5.82 Å². The smallest absolute Gasteiger partial charge is 0.346 e. The van der Waals surface area contributed by atoms with Gasteiger partial charge in [0.1, 0.15) is 0 Å². The number of hydrogen-bond acceptors (Lipinski definition) is 5. The summed E-state index contributed by atoms with van der Waals surface area (Å²) in [6.07, 6.45) is 0. The molecule has 0 bridgehead atoms. The molecule has 2 N–H and O–H groups in total. The fourth-order valence-electron chi connectivity index (χ4n) is 1.61. The zero-order valence-corrected chi connectivity index (χ0v) is 10.7. The van der Waals surface area contributed by atoms with Crippen molar-refractivity contribution in [2.24, 2.45) is 19.8 Å². The molecule has 0 atom stereocenters. The Balaban J connectivity index is 3.39. The summed E-state index contributed by atoms with van der Waals surface area (Å²) in [5.41, 5.74) is 4.69. The van der Waals surface area contributed by atoms with Gasteiger partial charge in [-0.05, 0) is 13.8 Å². The van der Waals surface area contributed by atoms with Crippen molar-refractivity contribution in [3.63, 3.8) is 0 Å². The maximum absolute atomic E-state index is 12.0. The zero-order chi connectivity index (χ0) is 13.2. The molecule has 0 aliphatic rings. The van der Waals surface area contributed by atoms with Gasteiger partial charge in [-0.15, -0.1) is 5.10 Å². The van der Waals surface area contributed by atoms with E-state index >= 15 is 0 Å². The van der Waals surface area contributed by atoms with Gasteiger partial charge < -0.3 is 10.6 Å². The predicted octanol–water partition coefficient (Wildman–Crippen LogP) is -1.35. The minimum atomic E-state index is -0.435. The van der Waals surface area contributed by atoms with Crippen LogP contribution in [0.3, 0.4) is 0 Å². The summed E-state index contributed by atoms with van der Waals surface area (Å²) in [6.45, 7) is 4.84. The number of rotatable bonds is 4. The van der Waals surface area contributed by atoms with E-state index in [1.54, 1.807) is 4.90 Å². The van der Waals surface area contributed by atoms with E-state index in [-0.39, 0.29) is 11.9 Å². The summed E-state index contributed by atoms with van der Waals surface area (Å²) in [6, 6.07) is 0.0938. The van der Waals surface area contributed by atoms with Gasteiger partial charge in [-0.25, -0.2) is 9.48 Å². The van der Waals surface area contributed by atoms with Crippen LogP contribution in [0.1, 0.15) is 13.8 Å². The summed E-state index contributed by atoms with van der Waals surface area (Å²) < 4.78 is 2.21. The van der Waals surface area contributed by atoms with Gasteiger partial charge in [0, 0.05) is 33.2 Å². The quantitative estimate of drug-likeness (QED) is 0.704. The highest BCUT2D eigenvalue weighted by molar-refractivity contribution is 5.35. The summed E-state index contributed by atoms with van der Waals surface area (Å²) in [5.74, 6) is 0.259. The van der Waals surface area contributed by atoms with Crippen LogP contribution in [0.4, 0.5) is 5.82 Å². The van der Waals surface area contributed by atoms with Crippen LogP contribution >= 0.6 is 0 Å².